The second-order valence-electron chi connectivity index (χ2n) is 30.6. The van der Waals surface area contributed by atoms with Gasteiger partial charge in [-0.15, -0.1) is 39.5 Å². The molecule has 4 amide bonds. The number of nitrogens with zero attached hydrogens (tertiary/aromatic N) is 10. The third-order valence-electron chi connectivity index (χ3n) is 22.8. The van der Waals surface area contributed by atoms with Gasteiger partial charge in [0.25, 0.3) is 5.91 Å². The minimum atomic E-state index is -4.72. The molecule has 9 aromatic carbocycles. The number of anilines is 7. The van der Waals surface area contributed by atoms with Crippen molar-refractivity contribution >= 4 is 115 Å². The molecule has 0 aliphatic carbocycles. The van der Waals surface area contributed by atoms with E-state index in [2.05, 4.69) is 88.2 Å². The number of benzene rings is 9. The van der Waals surface area contributed by atoms with Gasteiger partial charge in [0.15, 0.2) is 5.78 Å². The summed E-state index contributed by atoms with van der Waals surface area (Å²) < 4.78 is 122. The van der Waals surface area contributed by atoms with Crippen LogP contribution in [0.3, 0.4) is 0 Å². The van der Waals surface area contributed by atoms with Gasteiger partial charge in [-0.1, -0.05) is 102 Å². The van der Waals surface area contributed by atoms with Crippen LogP contribution < -0.4 is 48.9 Å². The van der Waals surface area contributed by atoms with Crippen molar-refractivity contribution in [2.24, 2.45) is 0 Å². The molecule has 0 spiro atoms. The molecular formula is C90H91Cl3F9N11O10. The van der Waals surface area contributed by atoms with Gasteiger partial charge in [0, 0.05) is 173 Å². The molecule has 21 nitrogen and oxygen atoms in total. The molecule has 4 atom stereocenters. The molecule has 7 aliphatic rings. The number of aliphatic hydroxyl groups excluding tert-OH is 2. The maximum atomic E-state index is 13.2. The highest BCUT2D eigenvalue weighted by molar-refractivity contribution is 6.31. The van der Waals surface area contributed by atoms with Crippen molar-refractivity contribution in [1.82, 2.24) is 19.6 Å². The van der Waals surface area contributed by atoms with Crippen LogP contribution >= 0.6 is 34.8 Å². The number of likely N-dealkylation sites (tertiary alicyclic amines) is 1. The van der Waals surface area contributed by atoms with Gasteiger partial charge in [-0.3, -0.25) is 48.5 Å². The van der Waals surface area contributed by atoms with E-state index < -0.39 is 36.9 Å². The molecule has 4 unspecified atom stereocenters. The van der Waals surface area contributed by atoms with Gasteiger partial charge < -0.3 is 49.3 Å². The van der Waals surface area contributed by atoms with Crippen LogP contribution in [0.2, 0.25) is 15.1 Å². The summed E-state index contributed by atoms with van der Waals surface area (Å²) in [5, 5.41) is 28.1. The highest BCUT2D eigenvalue weighted by Gasteiger charge is 2.47. The zero-order valence-corrected chi connectivity index (χ0v) is 69.0. The SMILES string of the molecule is C=C(O)CCC(=O)C1(Nc2ccccc2)CCN(Cc2cccc3ccccc23)CC1.O=C1C(N2CCN(c3ccc(OC(F)(F)F)cc3)CC2)CCN1c1ccc(Cl)cc1.O=C1CC(N2CCN(c3ccc(OC(F)(F)F)cc3)CC2)C(=O)N1c1ccc(Cl)cc1.O=C1CC(N2CCN(c3ccc(OC(F)(F)F)cc3)CC2)C(O)N1c1ccc(Cl)cc1. The number of Topliss-reactive ketones (excluding diaryl/α,β-unsaturated/α-hetero) is 1. The van der Waals surface area contributed by atoms with E-state index in [0.717, 1.165) is 67.3 Å². The number of hydrogen-bond acceptors (Lipinski definition) is 18. The van der Waals surface area contributed by atoms with Gasteiger partial charge >= 0.3 is 19.1 Å². The molecule has 3 N–H and O–H groups in total. The van der Waals surface area contributed by atoms with E-state index in [1.165, 1.54) is 62.5 Å². The van der Waals surface area contributed by atoms with Gasteiger partial charge in [-0.2, -0.15) is 0 Å². The Bertz CT molecular complexity index is 5080. The summed E-state index contributed by atoms with van der Waals surface area (Å²) in [7, 11) is 0. The Morgan fingerprint density at radius 3 is 1.34 bits per heavy atom. The van der Waals surface area contributed by atoms with E-state index in [0.29, 0.717) is 124 Å². The lowest BCUT2D eigenvalue weighted by Crippen LogP contribution is -2.54. The number of carbonyl (C=O) groups excluding carboxylic acids is 5. The number of para-hydroxylation sites is 1. The number of imide groups is 1. The van der Waals surface area contributed by atoms with Crippen molar-refractivity contribution < 1.29 is 87.9 Å². The Morgan fingerprint density at radius 2 is 0.870 bits per heavy atom. The number of fused-ring (bicyclic) bond motifs is 1. The van der Waals surface area contributed by atoms with Gasteiger partial charge in [0.1, 0.15) is 23.5 Å². The standard InChI is InChI=1S/C27H30N2O2.C21H21ClF3N3O3.C21H19ClF3N3O3.C21H21ClF3N3O2/c1-21(30)14-15-26(31)27(28-24-11-3-2-4-12-24)16-18-29(19-17-27)20-23-10-7-9-22-8-5-6-13-25(22)23;2*22-14-1-3-16(4-2-14)28-19(29)13-18(20(28)30)27-11-9-26(10-12-27)15-5-7-17(8-6-15)31-21(23,24)25;22-15-1-3-17(4-2-15)28-10-9-19(20(28)29)27-13-11-26(12-14-27)16-5-7-18(8-6-16)30-21(23,24)25/h2-13,28,30H,1,14-20H2;1-8,18,20,30H,9-13H2;1-8,18H,9-13H2;1-8,19H,9-14H2. The quantitative estimate of drug-likeness (QED) is 0.0369. The smallest absolute Gasteiger partial charge is 0.513 e. The minimum Gasteiger partial charge on any atom is -0.513 e. The molecule has 9 aromatic rings. The van der Waals surface area contributed by atoms with E-state index in [1.54, 1.807) is 102 Å². The Balaban J connectivity index is 0.000000141. The first-order valence-electron chi connectivity index (χ1n) is 40.2. The number of nitrogens with one attached hydrogen (secondary N) is 1. The lowest BCUT2D eigenvalue weighted by Gasteiger charge is -2.42. The third-order valence-corrected chi connectivity index (χ3v) is 23.6. The van der Waals surface area contributed by atoms with E-state index in [4.69, 9.17) is 34.8 Å². The predicted octanol–water partition coefficient (Wildman–Crippen LogP) is 17.1. The number of alkyl halides is 9. The summed E-state index contributed by atoms with van der Waals surface area (Å²) in [6.45, 7) is 14.3. The van der Waals surface area contributed by atoms with E-state index >= 15 is 0 Å². The monoisotopic (exact) mass is 1760 g/mol. The number of amides is 4. The van der Waals surface area contributed by atoms with Crippen LogP contribution in [0.1, 0.15) is 50.5 Å². The topological polar surface area (TPSA) is 198 Å². The number of aliphatic hydroxyl groups is 2. The maximum absolute atomic E-state index is 13.2. The van der Waals surface area contributed by atoms with Crippen molar-refractivity contribution in [2.75, 3.05) is 133 Å². The van der Waals surface area contributed by atoms with Gasteiger partial charge in [0.05, 0.1) is 41.5 Å². The van der Waals surface area contributed by atoms with Crippen LogP contribution in [0.25, 0.3) is 10.8 Å². The highest BCUT2D eigenvalue weighted by atomic mass is 35.5. The number of ether oxygens (including phenoxy) is 3. The zero-order chi connectivity index (χ0) is 87.3. The average molecular weight is 1760 g/mol. The first kappa shape index (κ1) is 89.9. The molecule has 650 valence electrons. The average Bonchev–Trinajstić information content (AvgIpc) is 1.79. The lowest BCUT2D eigenvalue weighted by molar-refractivity contribution is -0.275. The number of allylic oxidation sites excluding steroid dienone is 1. The molecule has 7 fully saturated rings. The molecule has 123 heavy (non-hydrogen) atoms. The van der Waals surface area contributed by atoms with Crippen LogP contribution in [-0.2, 0) is 30.5 Å². The summed E-state index contributed by atoms with van der Waals surface area (Å²) in [6, 6.07) is 61.8. The van der Waals surface area contributed by atoms with Gasteiger partial charge in [0.2, 0.25) is 17.7 Å². The molecule has 0 aromatic heterocycles. The fraction of sp³-hybridized carbons (Fsp3) is 0.344. The normalized spacial score (nSPS) is 20.0. The van der Waals surface area contributed by atoms with Crippen LogP contribution in [0, 0.1) is 0 Å². The summed E-state index contributed by atoms with van der Waals surface area (Å²) in [5.41, 5.74) is 6.03. The number of halogens is 12. The fourth-order valence-electron chi connectivity index (χ4n) is 16.6. The molecule has 7 heterocycles. The molecule has 0 bridgehead atoms. The van der Waals surface area contributed by atoms with Crippen molar-refractivity contribution in [3.05, 3.63) is 251 Å². The molecular weight excluding hydrogens is 1670 g/mol. The maximum Gasteiger partial charge on any atom is 0.573 e. The second kappa shape index (κ2) is 39.8. The number of rotatable bonds is 20. The van der Waals surface area contributed by atoms with Crippen molar-refractivity contribution in [1.29, 1.82) is 0 Å². The summed E-state index contributed by atoms with van der Waals surface area (Å²) >= 11 is 17.7. The molecule has 16 rings (SSSR count). The largest absolute Gasteiger partial charge is 0.573 e. The van der Waals surface area contributed by atoms with Crippen LogP contribution in [-0.4, -0.2) is 206 Å². The Kier molecular flexibility index (Phi) is 29.1. The lowest BCUT2D eigenvalue weighted by atomic mass is 9.81. The molecule has 7 aliphatic heterocycles. The van der Waals surface area contributed by atoms with Crippen LogP contribution in [0.4, 0.5) is 79.3 Å². The first-order chi connectivity index (χ1) is 58.8. The van der Waals surface area contributed by atoms with Crippen molar-refractivity contribution in [2.45, 2.75) is 100 Å². The van der Waals surface area contributed by atoms with E-state index in [-0.39, 0.29) is 77.3 Å². The van der Waals surface area contributed by atoms with Crippen LogP contribution in [0.15, 0.2) is 231 Å². The van der Waals surface area contributed by atoms with Crippen molar-refractivity contribution in [3.8, 4) is 17.2 Å². The molecule has 7 saturated heterocycles. The van der Waals surface area contributed by atoms with E-state index in [1.807, 2.05) is 57.2 Å². The highest BCUT2D eigenvalue weighted by Crippen LogP contribution is 2.38. The molecule has 33 heteroatoms. The summed E-state index contributed by atoms with van der Waals surface area (Å²) in [6.07, 6.45) is -11.9. The zero-order valence-electron chi connectivity index (χ0n) is 66.7. The Morgan fingerprint density at radius 1 is 0.447 bits per heavy atom. The predicted molar refractivity (Wildman–Crippen MR) is 456 cm³/mol. The molecule has 0 radical (unpaired) electrons. The van der Waals surface area contributed by atoms with Crippen LogP contribution in [0.5, 0.6) is 17.2 Å². The number of ketones is 1. The number of hydrogen-bond donors (Lipinski definition) is 3. The summed E-state index contributed by atoms with van der Waals surface area (Å²) in [4.78, 5) is 83.4. The second-order valence-corrected chi connectivity index (χ2v) is 31.9. The summed E-state index contributed by atoms with van der Waals surface area (Å²) in [5.74, 6) is -1.11. The minimum absolute atomic E-state index is 0.0663. The number of piperidine rings is 1. The van der Waals surface area contributed by atoms with Gasteiger partial charge in [-0.05, 0) is 193 Å². The molecule has 0 saturated carbocycles. The first-order valence-corrected chi connectivity index (χ1v) is 41.3. The number of carbonyl (C=O) groups is 5. The Labute approximate surface area is 720 Å². The number of piperazine rings is 3. The Hall–Kier alpha value is -10.8. The van der Waals surface area contributed by atoms with E-state index in [9.17, 15) is 73.7 Å². The fourth-order valence-corrected chi connectivity index (χ4v) is 16.9. The third kappa shape index (κ3) is 23.8. The van der Waals surface area contributed by atoms with Crippen molar-refractivity contribution in [3.63, 3.8) is 0 Å². The van der Waals surface area contributed by atoms with Gasteiger partial charge in [-0.25, -0.2) is 4.90 Å².